The standard InChI is InChI=1S/C11H6Cl2N4O3/c12-9-2-1-6(4-14-9)16-11(18)8-3-7(17(19)20)5-15-10(8)13/h1-5H,(H,16,18). The molecule has 2 heterocycles. The first-order valence-corrected chi connectivity index (χ1v) is 5.96. The van der Waals surface area contributed by atoms with Crippen LogP contribution in [0.2, 0.25) is 10.3 Å². The molecule has 0 aliphatic carbocycles. The first kappa shape index (κ1) is 14.2. The highest BCUT2D eigenvalue weighted by molar-refractivity contribution is 6.33. The van der Waals surface area contributed by atoms with Crippen molar-refractivity contribution in [2.24, 2.45) is 0 Å². The molecule has 0 saturated heterocycles. The topological polar surface area (TPSA) is 98.0 Å². The van der Waals surface area contributed by atoms with Gasteiger partial charge in [0.15, 0.2) is 0 Å². The van der Waals surface area contributed by atoms with Crippen LogP contribution in [-0.4, -0.2) is 20.8 Å². The van der Waals surface area contributed by atoms with E-state index in [9.17, 15) is 14.9 Å². The zero-order chi connectivity index (χ0) is 14.7. The minimum absolute atomic E-state index is 0.101. The van der Waals surface area contributed by atoms with E-state index in [1.807, 2.05) is 0 Å². The molecule has 0 unspecified atom stereocenters. The summed E-state index contributed by atoms with van der Waals surface area (Å²) < 4.78 is 0. The molecule has 0 fully saturated rings. The molecule has 7 nitrogen and oxygen atoms in total. The molecule has 2 aromatic rings. The molecule has 2 aromatic heterocycles. The van der Waals surface area contributed by atoms with Crippen LogP contribution in [0, 0.1) is 10.1 Å². The van der Waals surface area contributed by atoms with Gasteiger partial charge < -0.3 is 5.32 Å². The van der Waals surface area contributed by atoms with Crippen molar-refractivity contribution in [3.8, 4) is 0 Å². The summed E-state index contributed by atoms with van der Waals surface area (Å²) in [5.41, 5.74) is -0.0495. The number of aromatic nitrogens is 2. The van der Waals surface area contributed by atoms with E-state index in [0.717, 1.165) is 12.3 Å². The Morgan fingerprint density at radius 2 is 2.00 bits per heavy atom. The average Bonchev–Trinajstić information content (AvgIpc) is 2.41. The number of halogens is 2. The molecular formula is C11H6Cl2N4O3. The number of rotatable bonds is 3. The van der Waals surface area contributed by atoms with E-state index >= 15 is 0 Å². The average molecular weight is 313 g/mol. The van der Waals surface area contributed by atoms with E-state index < -0.39 is 10.8 Å². The molecule has 0 aromatic carbocycles. The van der Waals surface area contributed by atoms with Gasteiger partial charge in [0.05, 0.1) is 22.4 Å². The monoisotopic (exact) mass is 312 g/mol. The zero-order valence-corrected chi connectivity index (χ0v) is 11.2. The van der Waals surface area contributed by atoms with E-state index in [0.29, 0.717) is 5.69 Å². The van der Waals surface area contributed by atoms with Crippen molar-refractivity contribution in [3.05, 3.63) is 56.6 Å². The van der Waals surface area contributed by atoms with Crippen LogP contribution in [0.5, 0.6) is 0 Å². The predicted molar refractivity (Wildman–Crippen MR) is 73.1 cm³/mol. The fourth-order valence-corrected chi connectivity index (χ4v) is 1.65. The largest absolute Gasteiger partial charge is 0.320 e. The number of nitrogens with one attached hydrogen (secondary N) is 1. The van der Waals surface area contributed by atoms with Crippen molar-refractivity contribution in [2.45, 2.75) is 0 Å². The molecule has 1 N–H and O–H groups in total. The number of amides is 1. The molecule has 2 rings (SSSR count). The number of carbonyl (C=O) groups excluding carboxylic acids is 1. The van der Waals surface area contributed by atoms with Crippen molar-refractivity contribution in [3.63, 3.8) is 0 Å². The summed E-state index contributed by atoms with van der Waals surface area (Å²) in [6.07, 6.45) is 2.32. The normalized spacial score (nSPS) is 10.1. The third kappa shape index (κ3) is 3.19. The van der Waals surface area contributed by atoms with Gasteiger partial charge in [0.1, 0.15) is 16.5 Å². The summed E-state index contributed by atoms with van der Waals surface area (Å²) in [6, 6.07) is 4.07. The highest BCUT2D eigenvalue weighted by atomic mass is 35.5. The Hall–Kier alpha value is -2.25. The summed E-state index contributed by atoms with van der Waals surface area (Å²) in [5.74, 6) is -0.629. The highest BCUT2D eigenvalue weighted by Crippen LogP contribution is 2.20. The van der Waals surface area contributed by atoms with Gasteiger partial charge >= 0.3 is 0 Å². The lowest BCUT2D eigenvalue weighted by Crippen LogP contribution is -2.13. The van der Waals surface area contributed by atoms with E-state index in [2.05, 4.69) is 15.3 Å². The van der Waals surface area contributed by atoms with Crippen molar-refractivity contribution in [1.82, 2.24) is 9.97 Å². The number of pyridine rings is 2. The van der Waals surface area contributed by atoms with Gasteiger partial charge in [-0.2, -0.15) is 0 Å². The van der Waals surface area contributed by atoms with E-state index in [1.165, 1.54) is 18.3 Å². The SMILES string of the molecule is O=C(Nc1ccc(Cl)nc1)c1cc([N+](=O)[O-])cnc1Cl. The number of anilines is 1. The lowest BCUT2D eigenvalue weighted by molar-refractivity contribution is -0.385. The van der Waals surface area contributed by atoms with Crippen LogP contribution in [0.1, 0.15) is 10.4 Å². The predicted octanol–water partition coefficient (Wildman–Crippen LogP) is 2.94. The summed E-state index contributed by atoms with van der Waals surface area (Å²) in [5, 5.41) is 13.3. The molecule has 20 heavy (non-hydrogen) atoms. The van der Waals surface area contributed by atoms with Gasteiger partial charge in [-0.25, -0.2) is 9.97 Å². The van der Waals surface area contributed by atoms with Crippen LogP contribution in [0.15, 0.2) is 30.6 Å². The Morgan fingerprint density at radius 3 is 2.60 bits per heavy atom. The van der Waals surface area contributed by atoms with Gasteiger partial charge in [0.2, 0.25) is 0 Å². The number of hydrogen-bond donors (Lipinski definition) is 1. The molecule has 0 saturated carbocycles. The Kier molecular flexibility index (Phi) is 4.11. The van der Waals surface area contributed by atoms with Crippen molar-refractivity contribution < 1.29 is 9.72 Å². The molecule has 0 aliphatic rings. The Morgan fingerprint density at radius 1 is 1.25 bits per heavy atom. The van der Waals surface area contributed by atoms with Crippen molar-refractivity contribution >= 4 is 40.5 Å². The van der Waals surface area contributed by atoms with Crippen molar-refractivity contribution in [2.75, 3.05) is 5.32 Å². The Bertz CT molecular complexity index is 676. The van der Waals surface area contributed by atoms with Crippen LogP contribution >= 0.6 is 23.2 Å². The van der Waals surface area contributed by atoms with Crippen LogP contribution < -0.4 is 5.32 Å². The lowest BCUT2D eigenvalue weighted by atomic mass is 10.2. The van der Waals surface area contributed by atoms with Gasteiger partial charge in [-0.15, -0.1) is 0 Å². The van der Waals surface area contributed by atoms with Crippen LogP contribution in [0.4, 0.5) is 11.4 Å². The zero-order valence-electron chi connectivity index (χ0n) is 9.71. The first-order valence-electron chi connectivity index (χ1n) is 5.20. The Labute approximate surface area is 122 Å². The van der Waals surface area contributed by atoms with Crippen LogP contribution in [-0.2, 0) is 0 Å². The quantitative estimate of drug-likeness (QED) is 0.533. The summed E-state index contributed by atoms with van der Waals surface area (Å²) >= 11 is 11.4. The Balaban J connectivity index is 2.26. The van der Waals surface area contributed by atoms with Gasteiger partial charge in [-0.1, -0.05) is 23.2 Å². The lowest BCUT2D eigenvalue weighted by Gasteiger charge is -2.05. The second kappa shape index (κ2) is 5.81. The molecule has 0 bridgehead atoms. The van der Waals surface area contributed by atoms with Gasteiger partial charge in [0.25, 0.3) is 11.6 Å². The maximum atomic E-state index is 12.0. The molecule has 9 heteroatoms. The molecule has 0 atom stereocenters. The summed E-state index contributed by atoms with van der Waals surface area (Å²) in [6.45, 7) is 0. The number of nitrogens with zero attached hydrogens (tertiary/aromatic N) is 3. The molecular weight excluding hydrogens is 307 g/mol. The fourth-order valence-electron chi connectivity index (χ4n) is 1.34. The maximum absolute atomic E-state index is 12.0. The maximum Gasteiger partial charge on any atom is 0.288 e. The molecule has 0 aliphatic heterocycles. The smallest absolute Gasteiger partial charge is 0.288 e. The minimum atomic E-state index is -0.663. The summed E-state index contributed by atoms with van der Waals surface area (Å²) in [4.78, 5) is 29.4. The second-order valence-corrected chi connectivity index (χ2v) is 4.36. The molecule has 102 valence electrons. The molecule has 1 amide bonds. The fraction of sp³-hybridized carbons (Fsp3) is 0. The van der Waals surface area contributed by atoms with E-state index in [-0.39, 0.29) is 21.6 Å². The van der Waals surface area contributed by atoms with Crippen LogP contribution in [0.25, 0.3) is 0 Å². The van der Waals surface area contributed by atoms with Gasteiger partial charge in [0, 0.05) is 6.07 Å². The van der Waals surface area contributed by atoms with E-state index in [4.69, 9.17) is 23.2 Å². The third-order valence-corrected chi connectivity index (χ3v) is 2.79. The second-order valence-electron chi connectivity index (χ2n) is 3.61. The van der Waals surface area contributed by atoms with E-state index in [1.54, 1.807) is 0 Å². The van der Waals surface area contributed by atoms with Crippen LogP contribution in [0.3, 0.4) is 0 Å². The van der Waals surface area contributed by atoms with Crippen molar-refractivity contribution in [1.29, 1.82) is 0 Å². The van der Waals surface area contributed by atoms with Gasteiger partial charge in [-0.3, -0.25) is 14.9 Å². The highest BCUT2D eigenvalue weighted by Gasteiger charge is 2.17. The minimum Gasteiger partial charge on any atom is -0.320 e. The summed E-state index contributed by atoms with van der Waals surface area (Å²) in [7, 11) is 0. The molecule has 0 spiro atoms. The first-order chi connectivity index (χ1) is 9.47. The molecule has 0 radical (unpaired) electrons. The third-order valence-electron chi connectivity index (χ3n) is 2.27. The number of hydrogen-bond acceptors (Lipinski definition) is 5. The number of carbonyl (C=O) groups is 1. The number of nitro groups is 1. The van der Waals surface area contributed by atoms with Gasteiger partial charge in [-0.05, 0) is 12.1 Å².